The van der Waals surface area contributed by atoms with E-state index in [1.54, 1.807) is 24.7 Å². The van der Waals surface area contributed by atoms with Gasteiger partial charge < -0.3 is 9.88 Å². The van der Waals surface area contributed by atoms with E-state index in [0.29, 0.717) is 6.42 Å². The van der Waals surface area contributed by atoms with Gasteiger partial charge in [-0.05, 0) is 50.1 Å². The summed E-state index contributed by atoms with van der Waals surface area (Å²) in [4.78, 5) is 18.8. The van der Waals surface area contributed by atoms with Crippen molar-refractivity contribution in [2.75, 3.05) is 13.1 Å². The number of hydrogen-bond donors (Lipinski definition) is 1. The Kier molecular flexibility index (Phi) is 6.46. The van der Waals surface area contributed by atoms with Gasteiger partial charge in [-0.15, -0.1) is 0 Å². The van der Waals surface area contributed by atoms with Crippen LogP contribution < -0.4 is 5.32 Å². The van der Waals surface area contributed by atoms with Crippen molar-refractivity contribution in [1.82, 2.24) is 29.5 Å². The molecule has 31 heavy (non-hydrogen) atoms. The molecule has 4 rings (SSSR count). The number of aryl methyl sites for hydroxylation is 1. The Morgan fingerprint density at radius 2 is 2.00 bits per heavy atom. The van der Waals surface area contributed by atoms with Gasteiger partial charge in [-0.2, -0.15) is 5.10 Å². The molecular formula is C23H29FN6O. The van der Waals surface area contributed by atoms with Crippen LogP contribution in [0.2, 0.25) is 0 Å². The molecule has 1 aliphatic heterocycles. The zero-order valence-corrected chi connectivity index (χ0v) is 18.0. The maximum absolute atomic E-state index is 13.2. The summed E-state index contributed by atoms with van der Waals surface area (Å²) in [7, 11) is 1.94. The summed E-state index contributed by atoms with van der Waals surface area (Å²) >= 11 is 0. The summed E-state index contributed by atoms with van der Waals surface area (Å²) in [6.07, 6.45) is 7.70. The second kappa shape index (κ2) is 9.43. The number of hydrogen-bond acceptors (Lipinski definition) is 4. The maximum atomic E-state index is 13.2. The van der Waals surface area contributed by atoms with Crippen LogP contribution in [0.25, 0.3) is 11.3 Å². The van der Waals surface area contributed by atoms with E-state index in [-0.39, 0.29) is 23.8 Å². The minimum atomic E-state index is -0.244. The second-order valence-corrected chi connectivity index (χ2v) is 8.33. The zero-order valence-electron chi connectivity index (χ0n) is 18.0. The average Bonchev–Trinajstić information content (AvgIpc) is 3.41. The fourth-order valence-corrected chi connectivity index (χ4v) is 4.07. The van der Waals surface area contributed by atoms with Crippen LogP contribution in [0.5, 0.6) is 0 Å². The Balaban J connectivity index is 1.26. The predicted octanol–water partition coefficient (Wildman–Crippen LogP) is 3.15. The van der Waals surface area contributed by atoms with Crippen LogP contribution in [0, 0.1) is 5.82 Å². The highest BCUT2D eigenvalue weighted by atomic mass is 19.1. The molecular weight excluding hydrogens is 395 g/mol. The fraction of sp³-hybridized carbons (Fsp3) is 0.435. The van der Waals surface area contributed by atoms with E-state index in [2.05, 4.69) is 26.4 Å². The molecule has 0 aliphatic carbocycles. The molecule has 0 spiro atoms. The van der Waals surface area contributed by atoms with Crippen LogP contribution in [0.15, 0.2) is 49.1 Å². The number of halogens is 1. The minimum absolute atomic E-state index is 0.0928. The van der Waals surface area contributed by atoms with E-state index in [9.17, 15) is 9.18 Å². The number of amides is 1. The number of aromatic nitrogens is 4. The zero-order chi connectivity index (χ0) is 21.8. The van der Waals surface area contributed by atoms with E-state index < -0.39 is 0 Å². The first-order valence-corrected chi connectivity index (χ1v) is 10.8. The van der Waals surface area contributed by atoms with Crippen molar-refractivity contribution < 1.29 is 9.18 Å². The lowest BCUT2D eigenvalue weighted by Gasteiger charge is -2.32. The number of imidazole rings is 1. The molecule has 0 bridgehead atoms. The monoisotopic (exact) mass is 424 g/mol. The van der Waals surface area contributed by atoms with Gasteiger partial charge in [0.15, 0.2) is 0 Å². The van der Waals surface area contributed by atoms with Gasteiger partial charge >= 0.3 is 0 Å². The Hall–Kier alpha value is -3.00. The molecule has 0 radical (unpaired) electrons. The highest BCUT2D eigenvalue weighted by molar-refractivity contribution is 5.76. The SMILES string of the molecule is CC(CC(=O)NC1CCN(Cc2cc(-c3ccc(F)cc3)nn2C)CC1)n1ccnc1. The summed E-state index contributed by atoms with van der Waals surface area (Å²) in [6.45, 7) is 4.69. The number of carbonyl (C=O) groups excluding carboxylic acids is 1. The van der Waals surface area contributed by atoms with Crippen molar-refractivity contribution in [2.24, 2.45) is 7.05 Å². The number of likely N-dealkylation sites (tertiary alicyclic amines) is 1. The van der Waals surface area contributed by atoms with Crippen LogP contribution in [0.4, 0.5) is 4.39 Å². The molecule has 8 heteroatoms. The number of carbonyl (C=O) groups is 1. The van der Waals surface area contributed by atoms with Crippen molar-refractivity contribution in [3.05, 3.63) is 60.6 Å². The molecule has 164 valence electrons. The molecule has 1 atom stereocenters. The first-order chi connectivity index (χ1) is 15.0. The van der Waals surface area contributed by atoms with Gasteiger partial charge in [0.25, 0.3) is 0 Å². The third-order valence-corrected chi connectivity index (χ3v) is 5.97. The van der Waals surface area contributed by atoms with Gasteiger partial charge in [0.1, 0.15) is 5.82 Å². The number of benzene rings is 1. The van der Waals surface area contributed by atoms with Crippen molar-refractivity contribution in [1.29, 1.82) is 0 Å². The van der Waals surface area contributed by atoms with Crippen LogP contribution in [-0.4, -0.2) is 49.3 Å². The highest BCUT2D eigenvalue weighted by Crippen LogP contribution is 2.21. The molecule has 3 heterocycles. The summed E-state index contributed by atoms with van der Waals surface area (Å²) in [5.41, 5.74) is 2.89. The summed E-state index contributed by atoms with van der Waals surface area (Å²) < 4.78 is 17.0. The van der Waals surface area contributed by atoms with Gasteiger partial charge in [0.05, 0.1) is 17.7 Å². The maximum Gasteiger partial charge on any atom is 0.222 e. The largest absolute Gasteiger partial charge is 0.353 e. The van der Waals surface area contributed by atoms with Crippen molar-refractivity contribution in [3.8, 4) is 11.3 Å². The summed E-state index contributed by atoms with van der Waals surface area (Å²) in [6, 6.07) is 8.81. The first kappa shape index (κ1) is 21.2. The lowest BCUT2D eigenvalue weighted by Crippen LogP contribution is -2.44. The molecule has 1 N–H and O–H groups in total. The fourth-order valence-electron chi connectivity index (χ4n) is 4.07. The van der Waals surface area contributed by atoms with E-state index in [4.69, 9.17) is 0 Å². The van der Waals surface area contributed by atoms with E-state index in [0.717, 1.165) is 49.4 Å². The number of piperidine rings is 1. The molecule has 1 aromatic carbocycles. The molecule has 1 amide bonds. The van der Waals surface area contributed by atoms with Gasteiger partial charge in [-0.3, -0.25) is 14.4 Å². The Morgan fingerprint density at radius 1 is 1.26 bits per heavy atom. The van der Waals surface area contributed by atoms with Crippen LogP contribution in [0.1, 0.15) is 37.9 Å². The van der Waals surface area contributed by atoms with E-state index in [1.165, 1.54) is 12.1 Å². The van der Waals surface area contributed by atoms with Crippen molar-refractivity contribution in [2.45, 2.75) is 44.8 Å². The topological polar surface area (TPSA) is 68.0 Å². The Morgan fingerprint density at radius 3 is 2.68 bits per heavy atom. The average molecular weight is 425 g/mol. The van der Waals surface area contributed by atoms with Gasteiger partial charge in [0.2, 0.25) is 5.91 Å². The van der Waals surface area contributed by atoms with Crippen molar-refractivity contribution in [3.63, 3.8) is 0 Å². The predicted molar refractivity (Wildman–Crippen MR) is 117 cm³/mol. The van der Waals surface area contributed by atoms with Crippen LogP contribution >= 0.6 is 0 Å². The van der Waals surface area contributed by atoms with E-state index >= 15 is 0 Å². The third-order valence-electron chi connectivity index (χ3n) is 5.97. The van der Waals surface area contributed by atoms with Gasteiger partial charge in [0, 0.05) is 63.1 Å². The summed E-state index contributed by atoms with van der Waals surface area (Å²) in [5, 5.41) is 7.77. The Labute approximate surface area is 181 Å². The van der Waals surface area contributed by atoms with Crippen LogP contribution in [-0.2, 0) is 18.4 Å². The van der Waals surface area contributed by atoms with Gasteiger partial charge in [-0.1, -0.05) is 0 Å². The molecule has 1 saturated heterocycles. The molecule has 1 aliphatic rings. The lowest BCUT2D eigenvalue weighted by molar-refractivity contribution is -0.122. The second-order valence-electron chi connectivity index (χ2n) is 8.33. The smallest absolute Gasteiger partial charge is 0.222 e. The molecule has 1 unspecified atom stereocenters. The third kappa shape index (κ3) is 5.38. The lowest BCUT2D eigenvalue weighted by atomic mass is 10.0. The quantitative estimate of drug-likeness (QED) is 0.633. The highest BCUT2D eigenvalue weighted by Gasteiger charge is 2.22. The Bertz CT molecular complexity index is 990. The van der Waals surface area contributed by atoms with E-state index in [1.807, 2.05) is 29.4 Å². The molecule has 0 saturated carbocycles. The first-order valence-electron chi connectivity index (χ1n) is 10.8. The molecule has 3 aromatic rings. The van der Waals surface area contributed by atoms with Crippen LogP contribution in [0.3, 0.4) is 0 Å². The normalized spacial score (nSPS) is 16.4. The molecule has 7 nitrogen and oxygen atoms in total. The number of rotatable bonds is 7. The molecule has 2 aromatic heterocycles. The number of nitrogens with one attached hydrogen (secondary N) is 1. The van der Waals surface area contributed by atoms with Crippen molar-refractivity contribution >= 4 is 5.91 Å². The minimum Gasteiger partial charge on any atom is -0.353 e. The molecule has 1 fully saturated rings. The van der Waals surface area contributed by atoms with Gasteiger partial charge in [-0.25, -0.2) is 9.37 Å². The summed E-state index contributed by atoms with van der Waals surface area (Å²) in [5.74, 6) is -0.152. The standard InChI is InChI=1S/C23H29FN6O/c1-17(30-12-9-25-16-30)13-23(31)26-20-7-10-29(11-8-20)15-21-14-22(27-28(21)2)18-3-5-19(24)6-4-18/h3-6,9,12,14,16-17,20H,7-8,10-11,13,15H2,1-2H3,(H,26,31). The number of nitrogens with zero attached hydrogens (tertiary/aromatic N) is 5.